The summed E-state index contributed by atoms with van der Waals surface area (Å²) in [6.07, 6.45) is 0. The molecular formula is C10H7Cl3F5O3P. The van der Waals surface area contributed by atoms with Crippen molar-refractivity contribution in [3.05, 3.63) is 29.1 Å². The van der Waals surface area contributed by atoms with Gasteiger partial charge in [0.2, 0.25) is 9.61 Å². The van der Waals surface area contributed by atoms with Crippen LogP contribution in [0.4, 0.5) is 22.0 Å². The molecule has 3 nitrogen and oxygen atoms in total. The zero-order valence-corrected chi connectivity index (χ0v) is 13.7. The fourth-order valence-corrected chi connectivity index (χ4v) is 4.69. The van der Waals surface area contributed by atoms with E-state index in [2.05, 4.69) is 4.52 Å². The molecule has 1 aromatic carbocycles. The Morgan fingerprint density at radius 2 is 1.41 bits per heavy atom. The van der Waals surface area contributed by atoms with Gasteiger partial charge < -0.3 is 9.63 Å². The van der Waals surface area contributed by atoms with Crippen LogP contribution in [-0.4, -0.2) is 21.4 Å². The number of aliphatic hydroxyl groups is 1. The van der Waals surface area contributed by atoms with E-state index in [0.717, 1.165) is 0 Å². The van der Waals surface area contributed by atoms with Crippen molar-refractivity contribution in [3.63, 3.8) is 0 Å². The number of benzene rings is 1. The minimum Gasteiger partial charge on any atom is -0.379 e. The van der Waals surface area contributed by atoms with Crippen LogP contribution in [0.2, 0.25) is 0 Å². The normalized spacial score (nSPS) is 16.5. The molecule has 12 heteroatoms. The lowest BCUT2D eigenvalue weighted by Gasteiger charge is -2.28. The summed E-state index contributed by atoms with van der Waals surface area (Å²) in [6.45, 7) is 0.651. The molecule has 0 saturated carbocycles. The molecule has 0 aromatic heterocycles. The van der Waals surface area contributed by atoms with E-state index >= 15 is 0 Å². The Bertz CT molecular complexity index is 608. The lowest BCUT2D eigenvalue weighted by molar-refractivity contribution is 0.217. The molecule has 126 valence electrons. The molecule has 1 N–H and O–H groups in total. The molecule has 0 heterocycles. The lowest BCUT2D eigenvalue weighted by Crippen LogP contribution is -2.34. The van der Waals surface area contributed by atoms with Crippen molar-refractivity contribution < 1.29 is 36.1 Å². The summed E-state index contributed by atoms with van der Waals surface area (Å²) < 4.78 is 81.3. The van der Waals surface area contributed by atoms with Crippen molar-refractivity contribution in [2.45, 2.75) is 16.6 Å². The zero-order chi connectivity index (χ0) is 17.5. The molecule has 1 rings (SSSR count). The van der Waals surface area contributed by atoms with Crippen molar-refractivity contribution >= 4 is 47.5 Å². The van der Waals surface area contributed by atoms with Crippen LogP contribution >= 0.6 is 42.2 Å². The minimum absolute atomic E-state index is 0.533. The second kappa shape index (κ2) is 6.79. The average Bonchev–Trinajstić information content (AvgIpc) is 2.41. The van der Waals surface area contributed by atoms with Crippen LogP contribution in [0.3, 0.4) is 0 Å². The number of hydrogen-bond acceptors (Lipinski definition) is 3. The highest BCUT2D eigenvalue weighted by molar-refractivity contribution is 7.68. The molecule has 0 aliphatic rings. The molecule has 0 fully saturated rings. The molecule has 0 bridgehead atoms. The van der Waals surface area contributed by atoms with Crippen LogP contribution < -0.4 is 5.30 Å². The summed E-state index contributed by atoms with van der Waals surface area (Å²) in [4.78, 5) is 0. The Balaban J connectivity index is 3.77. The van der Waals surface area contributed by atoms with Gasteiger partial charge in [-0.25, -0.2) is 22.0 Å². The molecule has 0 aliphatic heterocycles. The molecule has 0 saturated heterocycles. The van der Waals surface area contributed by atoms with E-state index in [9.17, 15) is 31.6 Å². The quantitative estimate of drug-likeness (QED) is 0.270. The van der Waals surface area contributed by atoms with Gasteiger partial charge in [0.05, 0.1) is 6.61 Å². The third-order valence-corrected chi connectivity index (χ3v) is 6.20. The summed E-state index contributed by atoms with van der Waals surface area (Å²) in [5.74, 6) is -14.8. The fourth-order valence-electron chi connectivity index (χ4n) is 1.51. The van der Waals surface area contributed by atoms with Crippen LogP contribution in [-0.2, 0) is 9.09 Å². The predicted molar refractivity (Wildman–Crippen MR) is 71.4 cm³/mol. The predicted octanol–water partition coefficient (Wildman–Crippen LogP) is 4.01. The van der Waals surface area contributed by atoms with Gasteiger partial charge in [0.1, 0.15) is 5.30 Å². The Labute approximate surface area is 136 Å². The summed E-state index contributed by atoms with van der Waals surface area (Å²) in [5, 5.41) is 7.86. The minimum atomic E-state index is -5.17. The highest BCUT2D eigenvalue weighted by atomic mass is 35.6. The average molecular weight is 407 g/mol. The Hall–Kier alpha value is -0.110. The van der Waals surface area contributed by atoms with Crippen molar-refractivity contribution in [1.29, 1.82) is 0 Å². The van der Waals surface area contributed by atoms with E-state index in [1.54, 1.807) is 0 Å². The number of alkyl halides is 3. The molecule has 2 atom stereocenters. The van der Waals surface area contributed by atoms with E-state index in [4.69, 9.17) is 34.8 Å². The molecule has 0 amide bonds. The fraction of sp³-hybridized carbons (Fsp3) is 0.400. The van der Waals surface area contributed by atoms with Crippen LogP contribution in [0.1, 0.15) is 6.92 Å². The van der Waals surface area contributed by atoms with Crippen LogP contribution in [0.25, 0.3) is 0 Å². The molecule has 1 aromatic rings. The summed E-state index contributed by atoms with van der Waals surface area (Å²) in [7, 11) is -5.17. The van der Waals surface area contributed by atoms with Crippen molar-refractivity contribution in [2.75, 3.05) is 6.61 Å². The van der Waals surface area contributed by atoms with Crippen LogP contribution in [0.5, 0.6) is 0 Å². The summed E-state index contributed by atoms with van der Waals surface area (Å²) in [5.41, 5.74) is 0. The van der Waals surface area contributed by atoms with Gasteiger partial charge in [0.15, 0.2) is 29.1 Å². The van der Waals surface area contributed by atoms with Gasteiger partial charge in [-0.3, -0.25) is 4.57 Å². The van der Waals surface area contributed by atoms with Gasteiger partial charge in [-0.2, -0.15) is 0 Å². The van der Waals surface area contributed by atoms with Gasteiger partial charge in [0, 0.05) is 0 Å². The summed E-state index contributed by atoms with van der Waals surface area (Å²) >= 11 is 15.9. The van der Waals surface area contributed by atoms with Crippen molar-refractivity contribution in [3.8, 4) is 0 Å². The zero-order valence-electron chi connectivity index (χ0n) is 10.5. The second-order valence-corrected chi connectivity index (χ2v) is 8.61. The van der Waals surface area contributed by atoms with Gasteiger partial charge in [0.25, 0.3) is 7.37 Å². The largest absolute Gasteiger partial charge is 0.379 e. The molecule has 22 heavy (non-hydrogen) atoms. The molecule has 0 aliphatic carbocycles. The number of halogens is 8. The highest BCUT2D eigenvalue weighted by Crippen LogP contribution is 2.58. The Morgan fingerprint density at radius 3 is 1.73 bits per heavy atom. The molecule has 0 spiro atoms. The van der Waals surface area contributed by atoms with Gasteiger partial charge in [-0.15, -0.1) is 0 Å². The standard InChI is InChI=1S/C10H7Cl3F5O3P/c1-2-21-22(20,9(19)10(11,12)13)8-6(17)4(15)3(14)5(16)7(8)18/h9,19H,2H2,1H3/t9-,22-/m1/s1. The first kappa shape index (κ1) is 19.9. The topological polar surface area (TPSA) is 46.5 Å². The third kappa shape index (κ3) is 3.37. The van der Waals surface area contributed by atoms with E-state index < -0.39 is 58.0 Å². The summed E-state index contributed by atoms with van der Waals surface area (Å²) in [6, 6.07) is 0. The number of hydrogen-bond donors (Lipinski definition) is 1. The Morgan fingerprint density at radius 1 is 1.05 bits per heavy atom. The van der Waals surface area contributed by atoms with E-state index in [0.29, 0.717) is 0 Å². The maximum Gasteiger partial charge on any atom is 0.270 e. The SMILES string of the molecule is CCO[P@](=O)(c1c(F)c(F)c(F)c(F)c1F)[C@@H](O)C(Cl)(Cl)Cl. The number of aliphatic hydroxyl groups excluding tert-OH is 1. The van der Waals surface area contributed by atoms with E-state index in [-0.39, 0.29) is 0 Å². The monoisotopic (exact) mass is 406 g/mol. The van der Waals surface area contributed by atoms with Crippen LogP contribution in [0, 0.1) is 29.1 Å². The lowest BCUT2D eigenvalue weighted by atomic mass is 10.3. The number of rotatable bonds is 4. The maximum atomic E-state index is 13.8. The molecular weight excluding hydrogens is 400 g/mol. The molecule has 0 unspecified atom stereocenters. The molecule has 0 radical (unpaired) electrons. The first-order valence-corrected chi connectivity index (χ1v) is 8.23. The van der Waals surface area contributed by atoms with Gasteiger partial charge in [-0.05, 0) is 6.92 Å². The van der Waals surface area contributed by atoms with Crippen molar-refractivity contribution in [1.82, 2.24) is 0 Å². The third-order valence-electron chi connectivity index (χ3n) is 2.43. The highest BCUT2D eigenvalue weighted by Gasteiger charge is 2.51. The van der Waals surface area contributed by atoms with E-state index in [1.807, 2.05) is 0 Å². The van der Waals surface area contributed by atoms with Gasteiger partial charge in [-0.1, -0.05) is 34.8 Å². The van der Waals surface area contributed by atoms with Crippen molar-refractivity contribution in [2.24, 2.45) is 0 Å². The second-order valence-electron chi connectivity index (χ2n) is 3.85. The van der Waals surface area contributed by atoms with Crippen LogP contribution in [0.15, 0.2) is 0 Å². The van der Waals surface area contributed by atoms with E-state index in [1.165, 1.54) is 6.92 Å². The maximum absolute atomic E-state index is 13.8. The Kier molecular flexibility index (Phi) is 6.15. The first-order valence-electron chi connectivity index (χ1n) is 5.40. The first-order chi connectivity index (χ1) is 9.89. The van der Waals surface area contributed by atoms with Gasteiger partial charge >= 0.3 is 0 Å². The smallest absolute Gasteiger partial charge is 0.270 e.